The molecule has 0 radical (unpaired) electrons. The number of rotatable bonds is 12. The van der Waals surface area contributed by atoms with Gasteiger partial charge in [0, 0.05) is 24.8 Å². The molecule has 0 aliphatic heterocycles. The van der Waals surface area contributed by atoms with Crippen molar-refractivity contribution in [3.63, 3.8) is 0 Å². The predicted molar refractivity (Wildman–Crippen MR) is 136 cm³/mol. The second-order valence-electron chi connectivity index (χ2n) is 8.86. The highest BCUT2D eigenvalue weighted by molar-refractivity contribution is 8.14. The maximum Gasteiger partial charge on any atom is 0.437 e. The van der Waals surface area contributed by atoms with Gasteiger partial charge in [0.15, 0.2) is 22.2 Å². The highest BCUT2D eigenvalue weighted by Gasteiger charge is 2.37. The van der Waals surface area contributed by atoms with Crippen molar-refractivity contribution in [2.75, 3.05) is 13.2 Å². The molecule has 0 amide bonds. The van der Waals surface area contributed by atoms with Gasteiger partial charge in [-0.2, -0.15) is 13.2 Å². The predicted octanol–water partition coefficient (Wildman–Crippen LogP) is 7.19. The van der Waals surface area contributed by atoms with E-state index >= 15 is 0 Å². The number of alkyl halides is 3. The Balaban J connectivity index is 1.58. The van der Waals surface area contributed by atoms with Crippen LogP contribution in [0.3, 0.4) is 0 Å². The zero-order valence-electron chi connectivity index (χ0n) is 21.2. The highest BCUT2D eigenvalue weighted by atomic mass is 32.2. The summed E-state index contributed by atoms with van der Waals surface area (Å²) in [6, 6.07) is 9.92. The minimum atomic E-state index is -4.59. The topological polar surface area (TPSA) is 78.6 Å². The first-order valence-corrected chi connectivity index (χ1v) is 13.0. The SMILES string of the molecule is CCCc1c(OCCCOc2ccc(C(SC(C)=O)C(=O)C(C)C)cc2)ccc2c(C(F)(F)F)noc12. The van der Waals surface area contributed by atoms with Crippen molar-refractivity contribution < 1.29 is 36.8 Å². The summed E-state index contributed by atoms with van der Waals surface area (Å²) in [6.07, 6.45) is -2.87. The van der Waals surface area contributed by atoms with Crippen LogP contribution in [0.4, 0.5) is 13.2 Å². The molecule has 0 fully saturated rings. The number of benzene rings is 2. The monoisotopic (exact) mass is 537 g/mol. The fourth-order valence-electron chi connectivity index (χ4n) is 3.80. The number of hydrogen-bond acceptors (Lipinski definition) is 7. The number of aromatic nitrogens is 1. The minimum Gasteiger partial charge on any atom is -0.493 e. The molecule has 0 saturated carbocycles. The first kappa shape index (κ1) is 28.6. The number of nitrogens with zero attached hydrogens (tertiary/aromatic N) is 1. The van der Waals surface area contributed by atoms with Gasteiger partial charge < -0.3 is 14.0 Å². The summed E-state index contributed by atoms with van der Waals surface area (Å²) in [4.78, 5) is 24.1. The number of ether oxygens (including phenoxy) is 2. The molecule has 37 heavy (non-hydrogen) atoms. The summed E-state index contributed by atoms with van der Waals surface area (Å²) >= 11 is 1.01. The van der Waals surface area contributed by atoms with Crippen LogP contribution in [-0.2, 0) is 22.2 Å². The number of ketones is 1. The Hall–Kier alpha value is -3.01. The summed E-state index contributed by atoms with van der Waals surface area (Å²) in [5.41, 5.74) is 0.369. The molecule has 0 aliphatic carbocycles. The van der Waals surface area contributed by atoms with Crippen LogP contribution in [0.5, 0.6) is 11.5 Å². The van der Waals surface area contributed by atoms with E-state index < -0.39 is 17.1 Å². The van der Waals surface area contributed by atoms with Crippen molar-refractivity contribution in [1.29, 1.82) is 0 Å². The molecule has 0 aliphatic rings. The molecule has 0 N–H and O–H groups in total. The van der Waals surface area contributed by atoms with Crippen molar-refractivity contribution in [2.24, 2.45) is 5.92 Å². The van der Waals surface area contributed by atoms with Crippen molar-refractivity contribution in [2.45, 2.75) is 58.4 Å². The average molecular weight is 538 g/mol. The molecule has 0 saturated heterocycles. The van der Waals surface area contributed by atoms with Crippen LogP contribution in [0, 0.1) is 5.92 Å². The van der Waals surface area contributed by atoms with Crippen LogP contribution >= 0.6 is 11.8 Å². The number of thioether (sulfide) groups is 1. The lowest BCUT2D eigenvalue weighted by molar-refractivity contribution is -0.141. The zero-order valence-corrected chi connectivity index (χ0v) is 22.0. The lowest BCUT2D eigenvalue weighted by Crippen LogP contribution is -2.16. The zero-order chi connectivity index (χ0) is 27.2. The lowest BCUT2D eigenvalue weighted by atomic mass is 10.0. The first-order chi connectivity index (χ1) is 17.5. The number of halogens is 3. The van der Waals surface area contributed by atoms with Crippen LogP contribution in [-0.4, -0.2) is 29.3 Å². The standard InChI is InChI=1S/C27H30F3NO5S/c1-5-7-20-22(13-12-21-24(20)36-31-26(21)27(28,29)30)35-15-6-14-34-19-10-8-18(9-11-19)25(37-17(4)32)23(33)16(2)3/h8-13,16,25H,5-7,14-15H2,1-4H3. The molecule has 6 nitrogen and oxygen atoms in total. The summed E-state index contributed by atoms with van der Waals surface area (Å²) in [5.74, 6) is 0.878. The summed E-state index contributed by atoms with van der Waals surface area (Å²) in [6.45, 7) is 7.62. The molecule has 1 unspecified atom stereocenters. The Morgan fingerprint density at radius 1 is 1.05 bits per heavy atom. The van der Waals surface area contributed by atoms with Crippen LogP contribution in [0.2, 0.25) is 0 Å². The summed E-state index contributed by atoms with van der Waals surface area (Å²) in [5, 5.41) is 2.49. The van der Waals surface area contributed by atoms with Gasteiger partial charge in [-0.3, -0.25) is 9.59 Å². The summed E-state index contributed by atoms with van der Waals surface area (Å²) < 4.78 is 56.2. The van der Waals surface area contributed by atoms with Gasteiger partial charge in [-0.15, -0.1) is 0 Å². The lowest BCUT2D eigenvalue weighted by Gasteiger charge is -2.17. The van der Waals surface area contributed by atoms with E-state index in [1.165, 1.54) is 19.1 Å². The highest BCUT2D eigenvalue weighted by Crippen LogP contribution is 2.38. The van der Waals surface area contributed by atoms with Crippen LogP contribution in [0.25, 0.3) is 11.0 Å². The largest absolute Gasteiger partial charge is 0.493 e. The third-order valence-electron chi connectivity index (χ3n) is 5.58. The molecule has 0 spiro atoms. The molecule has 3 rings (SSSR count). The van der Waals surface area contributed by atoms with Gasteiger partial charge in [-0.25, -0.2) is 0 Å². The summed E-state index contributed by atoms with van der Waals surface area (Å²) in [7, 11) is 0. The number of carbonyl (C=O) groups excluding carboxylic acids is 2. The third-order valence-corrected chi connectivity index (χ3v) is 6.65. The number of carbonyl (C=O) groups is 2. The van der Waals surface area contributed by atoms with Crippen LogP contribution < -0.4 is 9.47 Å². The van der Waals surface area contributed by atoms with Gasteiger partial charge in [-0.05, 0) is 36.2 Å². The molecule has 1 heterocycles. The molecule has 1 aromatic heterocycles. The van der Waals surface area contributed by atoms with Crippen molar-refractivity contribution >= 4 is 33.6 Å². The van der Waals surface area contributed by atoms with Crippen LogP contribution in [0.1, 0.15) is 62.6 Å². The quantitative estimate of drug-likeness (QED) is 0.226. The smallest absolute Gasteiger partial charge is 0.437 e. The van der Waals surface area contributed by atoms with Gasteiger partial charge in [0.2, 0.25) is 0 Å². The first-order valence-electron chi connectivity index (χ1n) is 12.1. The Bertz CT molecular complexity index is 1220. The molecule has 10 heteroatoms. The molecule has 200 valence electrons. The number of Topliss-reactive ketones (excluding diaryl/α,β-unsaturated/α-hetero) is 1. The van der Waals surface area contributed by atoms with Crippen molar-refractivity contribution in [1.82, 2.24) is 5.16 Å². The van der Waals surface area contributed by atoms with E-state index in [4.69, 9.17) is 14.0 Å². The van der Waals surface area contributed by atoms with Gasteiger partial charge in [-0.1, -0.05) is 56.2 Å². The minimum absolute atomic E-state index is 0.00777. The van der Waals surface area contributed by atoms with E-state index in [0.29, 0.717) is 49.5 Å². The van der Waals surface area contributed by atoms with Crippen LogP contribution in [0.15, 0.2) is 40.9 Å². The Morgan fingerprint density at radius 2 is 1.73 bits per heavy atom. The van der Waals surface area contributed by atoms with E-state index in [2.05, 4.69) is 5.16 Å². The van der Waals surface area contributed by atoms with Gasteiger partial charge in [0.1, 0.15) is 11.5 Å². The molecule has 3 aromatic rings. The molecule has 1 atom stereocenters. The Labute approximate surface area is 217 Å². The average Bonchev–Trinajstić information content (AvgIpc) is 3.28. The van der Waals surface area contributed by atoms with E-state index in [0.717, 1.165) is 17.3 Å². The molecular formula is C27H30F3NO5S. The molecule has 0 bridgehead atoms. The van der Waals surface area contributed by atoms with Crippen molar-refractivity contribution in [3.8, 4) is 11.5 Å². The van der Waals surface area contributed by atoms with Gasteiger partial charge >= 0.3 is 6.18 Å². The fourth-order valence-corrected chi connectivity index (χ4v) is 4.81. The third kappa shape index (κ3) is 7.28. The van der Waals surface area contributed by atoms with E-state index in [1.54, 1.807) is 24.3 Å². The van der Waals surface area contributed by atoms with Gasteiger partial charge in [0.05, 0.1) is 23.8 Å². The maximum atomic E-state index is 13.2. The number of aryl methyl sites for hydroxylation is 1. The normalized spacial score (nSPS) is 12.6. The fraction of sp³-hybridized carbons (Fsp3) is 0.444. The second-order valence-corrected chi connectivity index (χ2v) is 10.1. The second kappa shape index (κ2) is 12.5. The van der Waals surface area contributed by atoms with E-state index in [-0.39, 0.29) is 27.8 Å². The Kier molecular flexibility index (Phi) is 9.64. The van der Waals surface area contributed by atoms with Gasteiger partial charge in [0.25, 0.3) is 0 Å². The maximum absolute atomic E-state index is 13.2. The Morgan fingerprint density at radius 3 is 2.32 bits per heavy atom. The number of hydrogen-bond donors (Lipinski definition) is 0. The van der Waals surface area contributed by atoms with E-state index in [1.807, 2.05) is 20.8 Å². The van der Waals surface area contributed by atoms with Crippen molar-refractivity contribution in [3.05, 3.63) is 53.2 Å². The van der Waals surface area contributed by atoms with E-state index in [9.17, 15) is 22.8 Å². The number of fused-ring (bicyclic) bond motifs is 1. The molecular weight excluding hydrogens is 507 g/mol. The molecule has 2 aromatic carbocycles.